The molecular weight excluding hydrogens is 470 g/mol. The van der Waals surface area contributed by atoms with Crippen LogP contribution in [0.2, 0.25) is 0 Å². The molecule has 1 N–H and O–H groups in total. The van der Waals surface area contributed by atoms with Gasteiger partial charge < -0.3 is 4.57 Å². The standard InChI is InChI=1S/C24H14BrN5O2/c25-14-8-9-18-19(11-14)29-20(30-23(31)15-5-1-2-6-16(15)24(30)32)10-13-4-3-7-17(21(13)29)22-27-26-12-28(18)22/h1-11,26H,12H2. The number of nitrogens with one attached hydrogen (secondary N) is 1. The van der Waals surface area contributed by atoms with Crippen molar-refractivity contribution in [1.82, 2.24) is 14.4 Å². The molecule has 8 heteroatoms. The molecule has 2 aliphatic heterocycles. The highest BCUT2D eigenvalue weighted by atomic mass is 79.9. The zero-order valence-corrected chi connectivity index (χ0v) is 18.1. The first-order valence-electron chi connectivity index (χ1n) is 10.1. The Morgan fingerprint density at radius 2 is 1.66 bits per heavy atom. The number of amides is 2. The lowest BCUT2D eigenvalue weighted by atomic mass is 10.1. The second-order valence-corrected chi connectivity index (χ2v) is 8.80. The largest absolute Gasteiger partial charge is 0.303 e. The third kappa shape index (κ3) is 2.12. The van der Waals surface area contributed by atoms with Gasteiger partial charge in [-0.1, -0.05) is 40.2 Å². The number of para-hydroxylation sites is 1. The van der Waals surface area contributed by atoms with Gasteiger partial charge >= 0.3 is 0 Å². The van der Waals surface area contributed by atoms with E-state index < -0.39 is 0 Å². The number of rotatable bonds is 1. The first-order chi connectivity index (χ1) is 15.6. The quantitative estimate of drug-likeness (QED) is 0.366. The van der Waals surface area contributed by atoms with Crippen molar-refractivity contribution in [3.05, 3.63) is 87.8 Å². The fourth-order valence-corrected chi connectivity index (χ4v) is 5.21. The molecule has 7 nitrogen and oxygen atoms in total. The average Bonchev–Trinajstić information content (AvgIpc) is 3.47. The van der Waals surface area contributed by atoms with Gasteiger partial charge in [0, 0.05) is 15.2 Å². The summed E-state index contributed by atoms with van der Waals surface area (Å²) in [5.41, 5.74) is 7.44. The van der Waals surface area contributed by atoms with Gasteiger partial charge in [0.1, 0.15) is 12.5 Å². The van der Waals surface area contributed by atoms with E-state index in [0.717, 1.165) is 37.3 Å². The van der Waals surface area contributed by atoms with Crippen LogP contribution in [0.15, 0.2) is 76.3 Å². The van der Waals surface area contributed by atoms with Crippen molar-refractivity contribution in [2.75, 3.05) is 4.90 Å². The number of imide groups is 1. The summed E-state index contributed by atoms with van der Waals surface area (Å²) >= 11 is 3.59. The normalized spacial score (nSPS) is 14.8. The summed E-state index contributed by atoms with van der Waals surface area (Å²) in [6.45, 7) is 0.535. The zero-order valence-electron chi connectivity index (χ0n) is 16.5. The number of anilines is 1. The Kier molecular flexibility index (Phi) is 3.37. The lowest BCUT2D eigenvalue weighted by molar-refractivity contribution is 0.0925. The Bertz CT molecular complexity index is 1710. The highest BCUT2D eigenvalue weighted by Gasteiger charge is 2.38. The van der Waals surface area contributed by atoms with Gasteiger partial charge in [-0.15, -0.1) is 0 Å². The molecule has 154 valence electrons. The second kappa shape index (κ2) is 6.08. The van der Waals surface area contributed by atoms with E-state index in [9.17, 15) is 9.59 Å². The van der Waals surface area contributed by atoms with Gasteiger partial charge in [0.15, 0.2) is 5.49 Å². The van der Waals surface area contributed by atoms with Crippen LogP contribution in [0, 0.1) is 0 Å². The molecule has 0 unspecified atom stereocenters. The average molecular weight is 484 g/mol. The summed E-state index contributed by atoms with van der Waals surface area (Å²) in [6.07, 6.45) is 0. The maximum Gasteiger partial charge on any atom is 0.267 e. The molecule has 0 saturated heterocycles. The summed E-state index contributed by atoms with van der Waals surface area (Å²) < 4.78 is 5.01. The molecule has 0 saturated carbocycles. The van der Waals surface area contributed by atoms with Crippen molar-refractivity contribution in [2.45, 2.75) is 6.67 Å². The van der Waals surface area contributed by atoms with Crippen LogP contribution in [0.25, 0.3) is 27.3 Å². The number of hydrogen-bond donors (Lipinski definition) is 1. The van der Waals surface area contributed by atoms with E-state index in [1.165, 1.54) is 4.90 Å². The molecule has 3 aromatic carbocycles. The van der Waals surface area contributed by atoms with Crippen molar-refractivity contribution in [3.63, 3.8) is 0 Å². The van der Waals surface area contributed by atoms with Crippen molar-refractivity contribution in [1.29, 1.82) is 0 Å². The first kappa shape index (κ1) is 17.7. The first-order valence-corrected chi connectivity index (χ1v) is 10.9. The molecule has 0 spiro atoms. The molecule has 0 aliphatic carbocycles. The maximum atomic E-state index is 13.4. The van der Waals surface area contributed by atoms with E-state index in [1.54, 1.807) is 24.3 Å². The molecule has 0 radical (unpaired) electrons. The minimum atomic E-state index is -0.313. The number of carbonyl (C=O) groups excluding carboxylic acids is 2. The molecule has 7 rings (SSSR count). The van der Waals surface area contributed by atoms with Gasteiger partial charge in [-0.05, 0) is 42.5 Å². The molecule has 0 fully saturated rings. The van der Waals surface area contributed by atoms with E-state index in [-0.39, 0.29) is 11.8 Å². The number of carbonyl (C=O) groups is 2. The Morgan fingerprint density at radius 3 is 2.44 bits per heavy atom. The van der Waals surface area contributed by atoms with Crippen LogP contribution in [-0.4, -0.2) is 20.8 Å². The van der Waals surface area contributed by atoms with E-state index in [2.05, 4.69) is 31.0 Å². The van der Waals surface area contributed by atoms with Crippen LogP contribution in [0.3, 0.4) is 0 Å². The van der Waals surface area contributed by atoms with Crippen molar-refractivity contribution in [2.24, 2.45) is 5.10 Å². The SMILES string of the molecule is O=C1c2ccccc2C(=O)N1c1cc2cccc3c4n(c5ccc(Br)cc5n1c23)CNN=4. The maximum absolute atomic E-state index is 13.4. The molecule has 4 heterocycles. The zero-order chi connectivity index (χ0) is 21.6. The topological polar surface area (TPSA) is 71.1 Å². The summed E-state index contributed by atoms with van der Waals surface area (Å²) in [5.74, 6) is -0.106. The Hall–Kier alpha value is -3.91. The van der Waals surface area contributed by atoms with Crippen LogP contribution in [0.4, 0.5) is 5.82 Å². The molecule has 2 aromatic heterocycles. The minimum absolute atomic E-state index is 0.313. The number of fused-ring (bicyclic) bond motifs is 6. The molecule has 0 bridgehead atoms. The van der Waals surface area contributed by atoms with Gasteiger partial charge in [0.05, 0.1) is 27.7 Å². The van der Waals surface area contributed by atoms with Crippen molar-refractivity contribution < 1.29 is 9.59 Å². The molecular formula is C24H14BrN5O2. The fourth-order valence-electron chi connectivity index (χ4n) is 4.86. The van der Waals surface area contributed by atoms with Gasteiger partial charge in [0.2, 0.25) is 0 Å². The fraction of sp³-hybridized carbons (Fsp3) is 0.0417. The van der Waals surface area contributed by atoms with E-state index in [0.29, 0.717) is 23.6 Å². The number of hydrogen-bond acceptors (Lipinski definition) is 4. The monoisotopic (exact) mass is 483 g/mol. The Balaban J connectivity index is 1.70. The smallest absolute Gasteiger partial charge is 0.267 e. The highest BCUT2D eigenvalue weighted by molar-refractivity contribution is 9.10. The predicted octanol–water partition coefficient (Wildman–Crippen LogP) is 3.99. The molecule has 2 amide bonds. The molecule has 2 aliphatic rings. The lowest BCUT2D eigenvalue weighted by Gasteiger charge is -2.15. The summed E-state index contributed by atoms with van der Waals surface area (Å²) in [7, 11) is 0. The van der Waals surface area contributed by atoms with Crippen LogP contribution < -0.4 is 15.8 Å². The van der Waals surface area contributed by atoms with E-state index in [1.807, 2.05) is 46.9 Å². The summed E-state index contributed by atoms with van der Waals surface area (Å²) in [5, 5.41) is 6.41. The van der Waals surface area contributed by atoms with Crippen LogP contribution in [-0.2, 0) is 6.67 Å². The van der Waals surface area contributed by atoms with Gasteiger partial charge in [0.25, 0.3) is 11.8 Å². The minimum Gasteiger partial charge on any atom is -0.303 e. The molecule has 0 atom stereocenters. The summed E-state index contributed by atoms with van der Waals surface area (Å²) in [6, 6.07) is 20.9. The third-order valence-corrected chi connectivity index (χ3v) is 6.70. The predicted molar refractivity (Wildman–Crippen MR) is 124 cm³/mol. The Labute approximate surface area is 189 Å². The van der Waals surface area contributed by atoms with E-state index >= 15 is 0 Å². The lowest BCUT2D eigenvalue weighted by Crippen LogP contribution is -2.30. The number of nitrogens with zero attached hydrogens (tertiary/aromatic N) is 4. The highest BCUT2D eigenvalue weighted by Crippen LogP contribution is 2.36. The molecule has 32 heavy (non-hydrogen) atoms. The number of benzene rings is 3. The van der Waals surface area contributed by atoms with Crippen LogP contribution in [0.1, 0.15) is 20.7 Å². The van der Waals surface area contributed by atoms with Gasteiger partial charge in [-0.25, -0.2) is 4.90 Å². The van der Waals surface area contributed by atoms with E-state index in [4.69, 9.17) is 0 Å². The molecule has 5 aromatic rings. The van der Waals surface area contributed by atoms with Crippen LogP contribution >= 0.6 is 15.9 Å². The third-order valence-electron chi connectivity index (χ3n) is 6.21. The van der Waals surface area contributed by atoms with Crippen molar-refractivity contribution in [3.8, 4) is 0 Å². The van der Waals surface area contributed by atoms with Gasteiger partial charge in [-0.2, -0.15) is 5.10 Å². The Morgan fingerprint density at radius 1 is 0.875 bits per heavy atom. The second-order valence-electron chi connectivity index (χ2n) is 7.89. The number of halogens is 1. The summed E-state index contributed by atoms with van der Waals surface area (Å²) in [4.78, 5) is 28.0. The van der Waals surface area contributed by atoms with Crippen molar-refractivity contribution >= 4 is 60.9 Å². The van der Waals surface area contributed by atoms with Gasteiger partial charge in [-0.3, -0.25) is 19.4 Å². The van der Waals surface area contributed by atoms with Crippen LogP contribution in [0.5, 0.6) is 0 Å². The number of aromatic nitrogens is 2.